The number of hydrogen-bond donors (Lipinski definition) is 0. The van der Waals surface area contributed by atoms with Crippen LogP contribution in [0.2, 0.25) is 0 Å². The van der Waals surface area contributed by atoms with Crippen LogP contribution in [0.1, 0.15) is 65.0 Å². The third kappa shape index (κ3) is 4.57. The monoisotopic (exact) mass is 416 g/mol. The van der Waals surface area contributed by atoms with Crippen molar-refractivity contribution in [1.82, 2.24) is 4.90 Å². The van der Waals surface area contributed by atoms with E-state index in [0.717, 1.165) is 12.8 Å². The van der Waals surface area contributed by atoms with Gasteiger partial charge in [-0.3, -0.25) is 4.79 Å². The molecule has 0 radical (unpaired) electrons. The summed E-state index contributed by atoms with van der Waals surface area (Å²) in [5.41, 5.74) is 2.90. The number of carbonyl (C=O) groups is 2. The van der Waals surface area contributed by atoms with E-state index in [4.69, 9.17) is 9.47 Å². The van der Waals surface area contributed by atoms with Crippen LogP contribution in [-0.4, -0.2) is 54.8 Å². The highest BCUT2D eigenvalue weighted by Gasteiger charge is 2.50. The third-order valence-electron chi connectivity index (χ3n) is 6.13. The zero-order chi connectivity index (χ0) is 22.1. The van der Waals surface area contributed by atoms with Crippen LogP contribution < -0.4 is 4.90 Å². The molecule has 0 unspecified atom stereocenters. The van der Waals surface area contributed by atoms with E-state index < -0.39 is 5.60 Å². The number of aryl methyl sites for hydroxylation is 1. The van der Waals surface area contributed by atoms with Crippen LogP contribution in [0.5, 0.6) is 0 Å². The van der Waals surface area contributed by atoms with E-state index in [1.807, 2.05) is 32.6 Å². The molecule has 6 nitrogen and oxygen atoms in total. The van der Waals surface area contributed by atoms with Gasteiger partial charge in [-0.2, -0.15) is 0 Å². The fourth-order valence-electron chi connectivity index (χ4n) is 4.87. The van der Waals surface area contributed by atoms with Gasteiger partial charge in [-0.15, -0.1) is 0 Å². The molecule has 1 aromatic carbocycles. The summed E-state index contributed by atoms with van der Waals surface area (Å²) >= 11 is 0. The van der Waals surface area contributed by atoms with Crippen molar-refractivity contribution in [3.8, 4) is 0 Å². The number of esters is 1. The normalized spacial score (nSPS) is 23.5. The highest BCUT2D eigenvalue weighted by Crippen LogP contribution is 2.49. The largest absolute Gasteiger partial charge is 0.466 e. The summed E-state index contributed by atoms with van der Waals surface area (Å²) in [4.78, 5) is 29.1. The minimum Gasteiger partial charge on any atom is -0.466 e. The smallest absolute Gasteiger partial charge is 0.410 e. The molecule has 3 rings (SSSR count). The molecule has 1 fully saturated rings. The summed E-state index contributed by atoms with van der Waals surface area (Å²) in [5, 5.41) is 0. The molecule has 6 heteroatoms. The fourth-order valence-corrected chi connectivity index (χ4v) is 4.87. The molecule has 1 aromatic rings. The standard InChI is InChI=1S/C24H36N2O4/c1-7-29-21(27)12-14-26-19-11-10-17(2)15-18(19)24(6)16-25(13-8-9-20(24)26)22(28)30-23(3,4)5/h10-11,15,20H,7-9,12-14,16H2,1-6H3/t20-,24-/m0/s1. The first-order chi connectivity index (χ1) is 14.0. The Labute approximate surface area is 180 Å². The predicted molar refractivity (Wildman–Crippen MR) is 118 cm³/mol. The molecule has 0 N–H and O–H groups in total. The molecule has 0 aromatic heterocycles. The predicted octanol–water partition coefficient (Wildman–Crippen LogP) is 4.43. The fraction of sp³-hybridized carbons (Fsp3) is 0.667. The SMILES string of the molecule is CCOC(=O)CCN1c2ccc(C)cc2[C@]2(C)CN(C(=O)OC(C)(C)C)CCC[C@H]12. The Bertz CT molecular complexity index is 801. The van der Waals surface area contributed by atoms with Gasteiger partial charge in [-0.25, -0.2) is 4.79 Å². The van der Waals surface area contributed by atoms with Crippen molar-refractivity contribution >= 4 is 17.7 Å². The quantitative estimate of drug-likeness (QED) is 0.680. The maximum atomic E-state index is 12.9. The first-order valence-electron chi connectivity index (χ1n) is 11.1. The maximum Gasteiger partial charge on any atom is 0.410 e. The number of amides is 1. The lowest BCUT2D eigenvalue weighted by Crippen LogP contribution is -2.49. The molecule has 0 saturated carbocycles. The molecular formula is C24H36N2O4. The van der Waals surface area contributed by atoms with E-state index >= 15 is 0 Å². The summed E-state index contributed by atoms with van der Waals surface area (Å²) in [5.74, 6) is -0.163. The van der Waals surface area contributed by atoms with Gasteiger partial charge in [-0.05, 0) is 59.1 Å². The number of carbonyl (C=O) groups excluding carboxylic acids is 2. The van der Waals surface area contributed by atoms with Crippen LogP contribution in [-0.2, 0) is 19.7 Å². The van der Waals surface area contributed by atoms with Gasteiger partial charge in [0.25, 0.3) is 0 Å². The number of hydrogen-bond acceptors (Lipinski definition) is 5. The number of benzene rings is 1. The number of fused-ring (bicyclic) bond motifs is 3. The van der Waals surface area contributed by atoms with Crippen LogP contribution in [0.25, 0.3) is 0 Å². The van der Waals surface area contributed by atoms with Crippen molar-refractivity contribution in [2.75, 3.05) is 31.1 Å². The van der Waals surface area contributed by atoms with Crippen molar-refractivity contribution in [2.45, 2.75) is 77.9 Å². The first kappa shape index (κ1) is 22.4. The average molecular weight is 417 g/mol. The van der Waals surface area contributed by atoms with Crippen molar-refractivity contribution in [3.63, 3.8) is 0 Å². The van der Waals surface area contributed by atoms with Crippen LogP contribution >= 0.6 is 0 Å². The third-order valence-corrected chi connectivity index (χ3v) is 6.13. The zero-order valence-electron chi connectivity index (χ0n) is 19.3. The topological polar surface area (TPSA) is 59.1 Å². The lowest BCUT2D eigenvalue weighted by atomic mass is 9.77. The molecule has 2 heterocycles. The van der Waals surface area contributed by atoms with Gasteiger partial charge in [0.15, 0.2) is 0 Å². The van der Waals surface area contributed by atoms with Crippen molar-refractivity contribution in [3.05, 3.63) is 29.3 Å². The van der Waals surface area contributed by atoms with Gasteiger partial charge in [0.1, 0.15) is 5.60 Å². The maximum absolute atomic E-state index is 12.9. The zero-order valence-corrected chi connectivity index (χ0v) is 19.3. The Kier molecular flexibility index (Phi) is 6.34. The number of nitrogens with zero attached hydrogens (tertiary/aromatic N) is 2. The summed E-state index contributed by atoms with van der Waals surface area (Å²) in [6.45, 7) is 14.2. The van der Waals surface area contributed by atoms with Crippen molar-refractivity contribution in [1.29, 1.82) is 0 Å². The highest BCUT2D eigenvalue weighted by atomic mass is 16.6. The second kappa shape index (κ2) is 8.48. The number of rotatable bonds is 4. The summed E-state index contributed by atoms with van der Waals surface area (Å²) < 4.78 is 10.8. The van der Waals surface area contributed by atoms with E-state index in [9.17, 15) is 9.59 Å². The molecule has 2 aliphatic heterocycles. The van der Waals surface area contributed by atoms with Crippen molar-refractivity contribution < 1.29 is 19.1 Å². The minimum absolute atomic E-state index is 0.163. The second-order valence-corrected chi connectivity index (χ2v) is 9.75. The molecule has 0 bridgehead atoms. The molecule has 0 aliphatic carbocycles. The molecule has 30 heavy (non-hydrogen) atoms. The van der Waals surface area contributed by atoms with Crippen LogP contribution in [0, 0.1) is 6.92 Å². The number of anilines is 1. The van der Waals surface area contributed by atoms with Crippen LogP contribution in [0.4, 0.5) is 10.5 Å². The molecule has 1 saturated heterocycles. The van der Waals surface area contributed by atoms with E-state index in [0.29, 0.717) is 32.7 Å². The minimum atomic E-state index is -0.514. The van der Waals surface area contributed by atoms with Gasteiger partial charge in [0, 0.05) is 36.8 Å². The van der Waals surface area contributed by atoms with E-state index in [1.54, 1.807) is 0 Å². The number of ether oxygens (including phenoxy) is 2. The Balaban J connectivity index is 1.90. The molecule has 166 valence electrons. The average Bonchev–Trinajstić information content (AvgIpc) is 2.76. The Morgan fingerprint density at radius 2 is 2.00 bits per heavy atom. The molecule has 0 spiro atoms. The summed E-state index contributed by atoms with van der Waals surface area (Å²) in [6.07, 6.45) is 1.99. The Morgan fingerprint density at radius 1 is 1.27 bits per heavy atom. The van der Waals surface area contributed by atoms with Crippen LogP contribution in [0.15, 0.2) is 18.2 Å². The molecule has 1 amide bonds. The van der Waals surface area contributed by atoms with Gasteiger partial charge in [0.05, 0.1) is 13.0 Å². The van der Waals surface area contributed by atoms with Gasteiger partial charge < -0.3 is 19.3 Å². The van der Waals surface area contributed by atoms with Gasteiger partial charge in [-0.1, -0.05) is 24.6 Å². The highest BCUT2D eigenvalue weighted by molar-refractivity contribution is 5.73. The molecular weight excluding hydrogens is 380 g/mol. The summed E-state index contributed by atoms with van der Waals surface area (Å²) in [7, 11) is 0. The lowest BCUT2D eigenvalue weighted by molar-refractivity contribution is -0.142. The second-order valence-electron chi connectivity index (χ2n) is 9.75. The summed E-state index contributed by atoms with van der Waals surface area (Å²) in [6, 6.07) is 6.76. The van der Waals surface area contributed by atoms with Crippen molar-refractivity contribution in [2.24, 2.45) is 0 Å². The van der Waals surface area contributed by atoms with Gasteiger partial charge >= 0.3 is 12.1 Å². The number of likely N-dealkylation sites (tertiary alicyclic amines) is 1. The Hall–Kier alpha value is -2.24. The van der Waals surface area contributed by atoms with Gasteiger partial charge in [0.2, 0.25) is 0 Å². The van der Waals surface area contributed by atoms with E-state index in [1.165, 1.54) is 16.8 Å². The van der Waals surface area contributed by atoms with E-state index in [-0.39, 0.29) is 23.5 Å². The van der Waals surface area contributed by atoms with E-state index in [2.05, 4.69) is 36.9 Å². The molecule has 2 atom stereocenters. The first-order valence-corrected chi connectivity index (χ1v) is 11.1. The Morgan fingerprint density at radius 3 is 2.67 bits per heavy atom. The van der Waals surface area contributed by atoms with Crippen LogP contribution in [0.3, 0.4) is 0 Å². The molecule has 2 aliphatic rings. The lowest BCUT2D eigenvalue weighted by Gasteiger charge is -2.37.